The van der Waals surface area contributed by atoms with Gasteiger partial charge in [-0.3, -0.25) is 4.79 Å². The fourth-order valence-corrected chi connectivity index (χ4v) is 1.14. The van der Waals surface area contributed by atoms with Gasteiger partial charge in [0.15, 0.2) is 0 Å². The Morgan fingerprint density at radius 1 is 1.69 bits per heavy atom. The quantitative estimate of drug-likeness (QED) is 0.552. The molecule has 0 saturated heterocycles. The highest BCUT2D eigenvalue weighted by molar-refractivity contribution is 5.02. The van der Waals surface area contributed by atoms with Crippen LogP contribution in [0.25, 0.3) is 0 Å². The number of hydrogen-bond donors (Lipinski definition) is 1. The number of hydrogen-bond acceptors (Lipinski definition) is 2. The maximum Gasteiger partial charge on any atom is 0.251 e. The number of unbranched alkanes of at least 4 members (excludes halogenated alkanes) is 1. The Kier molecular flexibility index (Phi) is 3.27. The van der Waals surface area contributed by atoms with Crippen LogP contribution in [0.5, 0.6) is 0 Å². The molecule has 0 bridgehead atoms. The van der Waals surface area contributed by atoms with Gasteiger partial charge in [-0.15, -0.1) is 12.3 Å². The molecule has 1 aromatic heterocycles. The van der Waals surface area contributed by atoms with E-state index in [1.807, 2.05) is 0 Å². The van der Waals surface area contributed by atoms with E-state index in [4.69, 9.17) is 6.42 Å². The average Bonchev–Trinajstić information content (AvgIpc) is 2.03. The van der Waals surface area contributed by atoms with E-state index in [1.165, 1.54) is 6.07 Å². The fraction of sp³-hybridized carbons (Fsp3) is 0.400. The van der Waals surface area contributed by atoms with Crippen LogP contribution in [0, 0.1) is 19.3 Å². The highest BCUT2D eigenvalue weighted by atomic mass is 16.1. The maximum atomic E-state index is 11.0. The third-order valence-electron chi connectivity index (χ3n) is 1.67. The lowest BCUT2D eigenvalue weighted by atomic mass is 10.2. The van der Waals surface area contributed by atoms with E-state index in [0.29, 0.717) is 5.82 Å². The van der Waals surface area contributed by atoms with E-state index >= 15 is 0 Å². The van der Waals surface area contributed by atoms with Gasteiger partial charge in [0, 0.05) is 18.2 Å². The van der Waals surface area contributed by atoms with Gasteiger partial charge in [0.2, 0.25) is 0 Å². The van der Waals surface area contributed by atoms with E-state index in [0.717, 1.165) is 25.0 Å². The molecule has 3 nitrogen and oxygen atoms in total. The minimum Gasteiger partial charge on any atom is -0.311 e. The number of terminal acetylenes is 1. The number of aromatic nitrogens is 2. The molecule has 1 heterocycles. The monoisotopic (exact) mass is 176 g/mol. The summed E-state index contributed by atoms with van der Waals surface area (Å²) >= 11 is 0. The van der Waals surface area contributed by atoms with Crippen molar-refractivity contribution in [1.29, 1.82) is 0 Å². The maximum absolute atomic E-state index is 11.0. The normalized spacial score (nSPS) is 9.54. The smallest absolute Gasteiger partial charge is 0.251 e. The Labute approximate surface area is 77.2 Å². The third kappa shape index (κ3) is 3.12. The molecule has 0 aliphatic rings. The van der Waals surface area contributed by atoms with Crippen molar-refractivity contribution >= 4 is 0 Å². The third-order valence-corrected chi connectivity index (χ3v) is 1.67. The summed E-state index contributed by atoms with van der Waals surface area (Å²) in [6.07, 6.45) is 7.50. The molecule has 1 aromatic rings. The van der Waals surface area contributed by atoms with E-state index < -0.39 is 0 Å². The van der Waals surface area contributed by atoms with Gasteiger partial charge in [-0.25, -0.2) is 4.98 Å². The zero-order chi connectivity index (χ0) is 9.68. The van der Waals surface area contributed by atoms with Crippen LogP contribution in [0.3, 0.4) is 0 Å². The van der Waals surface area contributed by atoms with Gasteiger partial charge in [0.05, 0.1) is 0 Å². The Balaban J connectivity index is 2.68. The Morgan fingerprint density at radius 2 is 2.46 bits per heavy atom. The Hall–Kier alpha value is -1.56. The van der Waals surface area contributed by atoms with Crippen molar-refractivity contribution in [3.63, 3.8) is 0 Å². The van der Waals surface area contributed by atoms with Crippen molar-refractivity contribution < 1.29 is 0 Å². The van der Waals surface area contributed by atoms with Crippen molar-refractivity contribution in [2.24, 2.45) is 0 Å². The van der Waals surface area contributed by atoms with Crippen LogP contribution >= 0.6 is 0 Å². The SMILES string of the molecule is C#CCCCc1cc(=O)[nH]c(C)n1. The molecule has 0 spiro atoms. The lowest BCUT2D eigenvalue weighted by molar-refractivity contribution is 0.810. The molecule has 0 aliphatic carbocycles. The van der Waals surface area contributed by atoms with Gasteiger partial charge in [-0.1, -0.05) is 0 Å². The van der Waals surface area contributed by atoms with Gasteiger partial charge in [0.1, 0.15) is 5.82 Å². The van der Waals surface area contributed by atoms with E-state index in [-0.39, 0.29) is 5.56 Å². The van der Waals surface area contributed by atoms with E-state index in [1.54, 1.807) is 6.92 Å². The molecule has 0 amide bonds. The molecular weight excluding hydrogens is 164 g/mol. The van der Waals surface area contributed by atoms with Gasteiger partial charge in [-0.2, -0.15) is 0 Å². The molecule has 0 unspecified atom stereocenters. The van der Waals surface area contributed by atoms with Crippen LogP contribution in [-0.2, 0) is 6.42 Å². The predicted molar refractivity (Wildman–Crippen MR) is 51.4 cm³/mol. The summed E-state index contributed by atoms with van der Waals surface area (Å²) in [5, 5.41) is 0. The molecule has 13 heavy (non-hydrogen) atoms. The van der Waals surface area contributed by atoms with Gasteiger partial charge < -0.3 is 4.98 Å². The summed E-state index contributed by atoms with van der Waals surface area (Å²) in [4.78, 5) is 17.8. The molecule has 0 radical (unpaired) electrons. The second-order valence-electron chi connectivity index (χ2n) is 2.88. The minimum atomic E-state index is -0.0943. The summed E-state index contributed by atoms with van der Waals surface area (Å²) in [6, 6.07) is 1.52. The molecule has 1 rings (SSSR count). The fourth-order valence-electron chi connectivity index (χ4n) is 1.14. The molecule has 0 saturated carbocycles. The highest BCUT2D eigenvalue weighted by Gasteiger charge is 1.96. The van der Waals surface area contributed by atoms with E-state index in [9.17, 15) is 4.79 Å². The van der Waals surface area contributed by atoms with Crippen LogP contribution in [0.2, 0.25) is 0 Å². The molecule has 3 heteroatoms. The zero-order valence-corrected chi connectivity index (χ0v) is 7.63. The first-order valence-electron chi connectivity index (χ1n) is 4.22. The summed E-state index contributed by atoms with van der Waals surface area (Å²) in [6.45, 7) is 1.77. The molecular formula is C10H12N2O. The van der Waals surface area contributed by atoms with Gasteiger partial charge >= 0.3 is 0 Å². The molecule has 0 aliphatic heterocycles. The lowest BCUT2D eigenvalue weighted by Crippen LogP contribution is -2.10. The Bertz CT molecular complexity index is 373. The van der Waals surface area contributed by atoms with Crippen LogP contribution in [0.4, 0.5) is 0 Å². The summed E-state index contributed by atoms with van der Waals surface area (Å²) < 4.78 is 0. The van der Waals surface area contributed by atoms with Gasteiger partial charge in [0.25, 0.3) is 5.56 Å². The minimum absolute atomic E-state index is 0.0943. The van der Waals surface area contributed by atoms with E-state index in [2.05, 4.69) is 15.9 Å². The second-order valence-corrected chi connectivity index (χ2v) is 2.88. The predicted octanol–water partition coefficient (Wildman–Crippen LogP) is 1.03. The van der Waals surface area contributed by atoms with Crippen molar-refractivity contribution in [3.05, 3.63) is 27.9 Å². The summed E-state index contributed by atoms with van der Waals surface area (Å²) in [5.41, 5.74) is 0.722. The summed E-state index contributed by atoms with van der Waals surface area (Å²) in [5.74, 6) is 3.21. The molecule has 0 atom stereocenters. The number of aryl methyl sites for hydroxylation is 2. The number of H-pyrrole nitrogens is 1. The first kappa shape index (κ1) is 9.53. The molecule has 0 aromatic carbocycles. The van der Waals surface area contributed by atoms with Crippen LogP contribution in [0.15, 0.2) is 10.9 Å². The topological polar surface area (TPSA) is 45.8 Å². The number of nitrogens with zero attached hydrogens (tertiary/aromatic N) is 1. The number of rotatable bonds is 3. The Morgan fingerprint density at radius 3 is 3.08 bits per heavy atom. The molecule has 1 N–H and O–H groups in total. The highest BCUT2D eigenvalue weighted by Crippen LogP contribution is 1.98. The van der Waals surface area contributed by atoms with Crippen molar-refractivity contribution in [2.45, 2.75) is 26.2 Å². The van der Waals surface area contributed by atoms with Crippen LogP contribution < -0.4 is 5.56 Å². The van der Waals surface area contributed by atoms with Gasteiger partial charge in [-0.05, 0) is 19.8 Å². The number of aromatic amines is 1. The standard InChI is InChI=1S/C10H12N2O/c1-3-4-5-6-9-7-10(13)12-8(2)11-9/h1,7H,4-6H2,2H3,(H,11,12,13). The van der Waals surface area contributed by atoms with Crippen molar-refractivity contribution in [2.75, 3.05) is 0 Å². The van der Waals surface area contributed by atoms with Crippen molar-refractivity contribution in [3.8, 4) is 12.3 Å². The first-order valence-corrected chi connectivity index (χ1v) is 4.22. The molecule has 68 valence electrons. The first-order chi connectivity index (χ1) is 6.22. The molecule has 0 fully saturated rings. The average molecular weight is 176 g/mol. The van der Waals surface area contributed by atoms with Crippen LogP contribution in [0.1, 0.15) is 24.4 Å². The number of nitrogens with one attached hydrogen (secondary N) is 1. The zero-order valence-electron chi connectivity index (χ0n) is 7.63. The summed E-state index contributed by atoms with van der Waals surface area (Å²) in [7, 11) is 0. The van der Waals surface area contributed by atoms with Crippen molar-refractivity contribution in [1.82, 2.24) is 9.97 Å². The lowest BCUT2D eigenvalue weighted by Gasteiger charge is -1.98. The largest absolute Gasteiger partial charge is 0.311 e. The second kappa shape index (κ2) is 4.46. The van der Waals surface area contributed by atoms with Crippen LogP contribution in [-0.4, -0.2) is 9.97 Å².